The first-order chi connectivity index (χ1) is 12.6. The normalized spacial score (nSPS) is 11.3. The van der Waals surface area contributed by atoms with Crippen molar-refractivity contribution in [1.29, 1.82) is 0 Å². The van der Waals surface area contributed by atoms with Crippen molar-refractivity contribution in [2.45, 2.75) is 71.1 Å². The molecular weight excluding hydrogens is 330 g/mol. The zero-order valence-corrected chi connectivity index (χ0v) is 15.8. The number of esters is 1. The highest BCUT2D eigenvalue weighted by molar-refractivity contribution is 5.69. The van der Waals surface area contributed by atoms with Crippen molar-refractivity contribution in [3.63, 3.8) is 0 Å². The van der Waals surface area contributed by atoms with E-state index in [4.69, 9.17) is 4.74 Å². The Morgan fingerprint density at radius 3 is 2.15 bits per heavy atom. The van der Waals surface area contributed by atoms with Crippen LogP contribution in [0.2, 0.25) is 0 Å². The lowest BCUT2D eigenvalue weighted by atomic mass is 10.1. The van der Waals surface area contributed by atoms with E-state index in [9.17, 15) is 14.9 Å². The molecule has 1 rings (SSSR count). The molecule has 0 spiro atoms. The van der Waals surface area contributed by atoms with Crippen LogP contribution < -0.4 is 0 Å². The van der Waals surface area contributed by atoms with Crippen molar-refractivity contribution in [2.75, 3.05) is 6.61 Å². The molecule has 0 aliphatic heterocycles. The molecule has 0 aliphatic rings. The van der Waals surface area contributed by atoms with Gasteiger partial charge in [-0.3, -0.25) is 14.9 Å². The first-order valence-corrected chi connectivity index (χ1v) is 9.69. The van der Waals surface area contributed by atoms with Crippen LogP contribution in [0.3, 0.4) is 0 Å². The summed E-state index contributed by atoms with van der Waals surface area (Å²) in [5.74, 6) is -0.367. The molecule has 0 saturated heterocycles. The molecule has 0 atom stereocenters. The average molecular weight is 361 g/mol. The minimum atomic E-state index is -0.501. The molecule has 0 N–H and O–H groups in total. The number of ether oxygens (including phenoxy) is 1. The number of nitro groups is 1. The molecule has 0 amide bonds. The van der Waals surface area contributed by atoms with Gasteiger partial charge in [0.1, 0.15) is 0 Å². The van der Waals surface area contributed by atoms with Gasteiger partial charge in [-0.05, 0) is 12.0 Å². The number of unbranched alkanes of at least 4 members (excludes halogenated alkanes) is 8. The Kier molecular flexibility index (Phi) is 11.8. The number of hydrogen-bond donors (Lipinski definition) is 0. The monoisotopic (exact) mass is 361 g/mol. The van der Waals surface area contributed by atoms with Crippen LogP contribution in [0.15, 0.2) is 36.0 Å². The van der Waals surface area contributed by atoms with E-state index in [2.05, 4.69) is 6.92 Å². The second kappa shape index (κ2) is 14.0. The molecule has 0 aromatic heterocycles. The average Bonchev–Trinajstić information content (AvgIpc) is 2.64. The van der Waals surface area contributed by atoms with Crippen LogP contribution in [0, 0.1) is 10.1 Å². The Balaban J connectivity index is 2.18. The third kappa shape index (κ3) is 10.6. The molecule has 1 aromatic carbocycles. The highest BCUT2D eigenvalue weighted by Gasteiger charge is 2.14. The summed E-state index contributed by atoms with van der Waals surface area (Å²) in [6.45, 7) is 1.92. The highest BCUT2D eigenvalue weighted by atomic mass is 16.6. The predicted molar refractivity (Wildman–Crippen MR) is 104 cm³/mol. The predicted octanol–water partition coefficient (Wildman–Crippen LogP) is 5.77. The number of nitrogens with zero attached hydrogens (tertiary/aromatic N) is 1. The first-order valence-electron chi connectivity index (χ1n) is 9.69. The summed E-state index contributed by atoms with van der Waals surface area (Å²) in [7, 11) is 0. The number of carbonyl (C=O) groups is 1. The molecule has 0 saturated carbocycles. The smallest absolute Gasteiger partial charge is 0.306 e. The number of benzene rings is 1. The molecule has 5 nitrogen and oxygen atoms in total. The molecule has 5 heteroatoms. The molecule has 26 heavy (non-hydrogen) atoms. The number of carbonyl (C=O) groups excluding carboxylic acids is 1. The Hall–Kier alpha value is -2.17. The summed E-state index contributed by atoms with van der Waals surface area (Å²) in [4.78, 5) is 22.3. The Bertz CT molecular complexity index is 554. The Morgan fingerprint density at radius 2 is 1.58 bits per heavy atom. The number of hydrogen-bond acceptors (Lipinski definition) is 4. The molecule has 0 unspecified atom stereocenters. The number of rotatable bonds is 14. The maximum absolute atomic E-state index is 11.8. The molecule has 0 heterocycles. The summed E-state index contributed by atoms with van der Waals surface area (Å²) >= 11 is 0. The van der Waals surface area contributed by atoms with Crippen LogP contribution in [-0.2, 0) is 9.53 Å². The Labute approximate surface area is 156 Å². The topological polar surface area (TPSA) is 69.4 Å². The standard InChI is InChI=1S/C21H31NO4/c1-2-3-4-5-6-7-8-9-13-16-21(23)26-18-20(22(24)25)17-19-14-11-10-12-15-19/h10-12,14-15,17H,2-9,13,16,18H2,1H3. The van der Waals surface area contributed by atoms with Gasteiger partial charge < -0.3 is 4.74 Å². The van der Waals surface area contributed by atoms with Gasteiger partial charge in [0.25, 0.3) is 5.70 Å². The SMILES string of the molecule is CCCCCCCCCCCC(=O)OCC(=Cc1ccccc1)[N+](=O)[O-]. The van der Waals surface area contributed by atoms with Crippen LogP contribution in [0.5, 0.6) is 0 Å². The maximum Gasteiger partial charge on any atom is 0.306 e. The lowest BCUT2D eigenvalue weighted by Crippen LogP contribution is -2.12. The van der Waals surface area contributed by atoms with Gasteiger partial charge >= 0.3 is 5.97 Å². The van der Waals surface area contributed by atoms with Gasteiger partial charge in [-0.15, -0.1) is 0 Å². The zero-order chi connectivity index (χ0) is 19.0. The van der Waals surface area contributed by atoms with Gasteiger partial charge in [0.05, 0.1) is 4.92 Å². The molecular formula is C21H31NO4. The molecule has 0 radical (unpaired) electrons. The lowest BCUT2D eigenvalue weighted by molar-refractivity contribution is -0.428. The second-order valence-corrected chi connectivity index (χ2v) is 6.54. The van der Waals surface area contributed by atoms with E-state index in [1.54, 1.807) is 24.3 Å². The summed E-state index contributed by atoms with van der Waals surface area (Å²) < 4.78 is 5.06. The van der Waals surface area contributed by atoms with Crippen LogP contribution in [0.1, 0.15) is 76.7 Å². The Morgan fingerprint density at radius 1 is 1.00 bits per heavy atom. The third-order valence-electron chi connectivity index (χ3n) is 4.23. The van der Waals surface area contributed by atoms with Crippen LogP contribution in [0.25, 0.3) is 6.08 Å². The summed E-state index contributed by atoms with van der Waals surface area (Å²) in [6, 6.07) is 8.99. The molecule has 0 aliphatic carbocycles. The minimum absolute atomic E-state index is 0.114. The van der Waals surface area contributed by atoms with Crippen LogP contribution >= 0.6 is 0 Å². The van der Waals surface area contributed by atoms with E-state index in [-0.39, 0.29) is 18.3 Å². The molecule has 1 aromatic rings. The summed E-state index contributed by atoms with van der Waals surface area (Å²) in [5, 5.41) is 11.1. The third-order valence-corrected chi connectivity index (χ3v) is 4.23. The van der Waals surface area contributed by atoms with Gasteiger partial charge in [0, 0.05) is 12.5 Å². The largest absolute Gasteiger partial charge is 0.454 e. The molecule has 0 bridgehead atoms. The minimum Gasteiger partial charge on any atom is -0.454 e. The fourth-order valence-electron chi connectivity index (χ4n) is 2.70. The van der Waals surface area contributed by atoms with Crippen molar-refractivity contribution in [3.05, 3.63) is 51.7 Å². The van der Waals surface area contributed by atoms with Crippen molar-refractivity contribution >= 4 is 12.0 Å². The van der Waals surface area contributed by atoms with Gasteiger partial charge in [-0.25, -0.2) is 0 Å². The highest BCUT2D eigenvalue weighted by Crippen LogP contribution is 2.12. The first kappa shape index (κ1) is 21.9. The maximum atomic E-state index is 11.8. The van der Waals surface area contributed by atoms with E-state index in [0.29, 0.717) is 12.0 Å². The van der Waals surface area contributed by atoms with Crippen molar-refractivity contribution in [3.8, 4) is 0 Å². The lowest BCUT2D eigenvalue weighted by Gasteiger charge is -2.04. The fourth-order valence-corrected chi connectivity index (χ4v) is 2.70. The van der Waals surface area contributed by atoms with Crippen LogP contribution in [-0.4, -0.2) is 17.5 Å². The van der Waals surface area contributed by atoms with Crippen molar-refractivity contribution in [2.24, 2.45) is 0 Å². The second-order valence-electron chi connectivity index (χ2n) is 6.54. The summed E-state index contributed by atoms with van der Waals surface area (Å²) in [5.41, 5.74) is 0.603. The van der Waals surface area contributed by atoms with Gasteiger partial charge in [0.2, 0.25) is 0 Å². The summed E-state index contributed by atoms with van der Waals surface area (Å²) in [6.07, 6.45) is 12.4. The van der Waals surface area contributed by atoms with Crippen molar-refractivity contribution < 1.29 is 14.5 Å². The van der Waals surface area contributed by atoms with Gasteiger partial charge in [0.15, 0.2) is 6.61 Å². The quantitative estimate of drug-likeness (QED) is 0.183. The van der Waals surface area contributed by atoms with Gasteiger partial charge in [-0.2, -0.15) is 0 Å². The van der Waals surface area contributed by atoms with E-state index in [1.807, 2.05) is 6.07 Å². The fraction of sp³-hybridized carbons (Fsp3) is 0.571. The van der Waals surface area contributed by atoms with E-state index in [1.165, 1.54) is 44.6 Å². The van der Waals surface area contributed by atoms with E-state index in [0.717, 1.165) is 19.3 Å². The molecule has 144 valence electrons. The van der Waals surface area contributed by atoms with Crippen molar-refractivity contribution in [1.82, 2.24) is 0 Å². The van der Waals surface area contributed by atoms with E-state index >= 15 is 0 Å². The van der Waals surface area contributed by atoms with Crippen LogP contribution in [0.4, 0.5) is 0 Å². The molecule has 0 fully saturated rings. The zero-order valence-electron chi connectivity index (χ0n) is 15.8. The van der Waals surface area contributed by atoms with Gasteiger partial charge in [-0.1, -0.05) is 88.6 Å². The van der Waals surface area contributed by atoms with E-state index < -0.39 is 4.92 Å².